The molecule has 5 nitrogen and oxygen atoms in total. The minimum atomic E-state index is -3.54. The van der Waals surface area contributed by atoms with Crippen LogP contribution in [0.4, 0.5) is 0 Å². The van der Waals surface area contributed by atoms with Crippen LogP contribution < -0.4 is 4.74 Å². The lowest BCUT2D eigenvalue weighted by molar-refractivity contribution is 0.148. The fourth-order valence-electron chi connectivity index (χ4n) is 3.13. The summed E-state index contributed by atoms with van der Waals surface area (Å²) >= 11 is 0. The molecule has 134 valence electrons. The Morgan fingerprint density at radius 2 is 1.80 bits per heavy atom. The van der Waals surface area contributed by atoms with Crippen LogP contribution in [0.1, 0.15) is 17.2 Å². The maximum atomic E-state index is 13.0. The van der Waals surface area contributed by atoms with E-state index in [1.165, 1.54) is 12.7 Å². The van der Waals surface area contributed by atoms with Crippen molar-refractivity contribution in [3.8, 4) is 5.75 Å². The van der Waals surface area contributed by atoms with Gasteiger partial charge in [-0.2, -0.15) is 4.31 Å². The first-order valence-electron chi connectivity index (χ1n) is 8.33. The van der Waals surface area contributed by atoms with Crippen molar-refractivity contribution in [3.05, 3.63) is 59.7 Å². The van der Waals surface area contributed by atoms with Gasteiger partial charge in [0.25, 0.3) is 0 Å². The van der Waals surface area contributed by atoms with Gasteiger partial charge in [-0.25, -0.2) is 8.42 Å². The van der Waals surface area contributed by atoms with Crippen molar-refractivity contribution in [2.45, 2.75) is 17.9 Å². The molecule has 1 saturated heterocycles. The first-order chi connectivity index (χ1) is 11.9. The third-order valence-electron chi connectivity index (χ3n) is 4.75. The second-order valence-corrected chi connectivity index (χ2v) is 8.39. The minimum absolute atomic E-state index is 0.0507. The normalized spacial score (nSPS) is 19.7. The highest BCUT2D eigenvalue weighted by atomic mass is 32.2. The monoisotopic (exact) mass is 360 g/mol. The van der Waals surface area contributed by atoms with Crippen molar-refractivity contribution in [3.63, 3.8) is 0 Å². The molecule has 0 amide bonds. The smallest absolute Gasteiger partial charge is 0.243 e. The van der Waals surface area contributed by atoms with E-state index in [1.54, 1.807) is 28.6 Å². The van der Waals surface area contributed by atoms with E-state index >= 15 is 0 Å². The average molecular weight is 360 g/mol. The summed E-state index contributed by atoms with van der Waals surface area (Å²) in [6, 6.07) is 15.0. The number of nitrogens with zero attached hydrogens (tertiary/aromatic N) is 2. The van der Waals surface area contributed by atoms with E-state index in [2.05, 4.69) is 29.2 Å². The SMILES string of the molecule is COc1cccc(S(=O)(=O)N2CCN(C)[C@H](c3ccc(C)cc3)C2)c1. The van der Waals surface area contributed by atoms with Gasteiger partial charge in [0, 0.05) is 31.7 Å². The van der Waals surface area contributed by atoms with E-state index in [0.29, 0.717) is 25.4 Å². The molecule has 1 heterocycles. The molecule has 0 aromatic heterocycles. The Kier molecular flexibility index (Phi) is 5.13. The summed E-state index contributed by atoms with van der Waals surface area (Å²) in [6.07, 6.45) is 0. The van der Waals surface area contributed by atoms with Crippen LogP contribution in [-0.4, -0.2) is 51.4 Å². The number of aryl methyl sites for hydroxylation is 1. The number of hydrogen-bond donors (Lipinski definition) is 0. The fourth-order valence-corrected chi connectivity index (χ4v) is 4.60. The van der Waals surface area contributed by atoms with Crippen molar-refractivity contribution < 1.29 is 13.2 Å². The van der Waals surface area contributed by atoms with Gasteiger partial charge in [0.1, 0.15) is 5.75 Å². The zero-order chi connectivity index (χ0) is 18.0. The van der Waals surface area contributed by atoms with E-state index in [4.69, 9.17) is 4.74 Å². The summed E-state index contributed by atoms with van der Waals surface area (Å²) in [4.78, 5) is 2.49. The summed E-state index contributed by atoms with van der Waals surface area (Å²) in [7, 11) is 0.0379. The molecule has 0 saturated carbocycles. The van der Waals surface area contributed by atoms with Crippen LogP contribution in [0.3, 0.4) is 0 Å². The zero-order valence-corrected chi connectivity index (χ0v) is 15.7. The van der Waals surface area contributed by atoms with Gasteiger partial charge >= 0.3 is 0 Å². The fraction of sp³-hybridized carbons (Fsp3) is 0.368. The highest BCUT2D eigenvalue weighted by molar-refractivity contribution is 7.89. The Labute approximate surface area is 149 Å². The van der Waals surface area contributed by atoms with E-state index in [1.807, 2.05) is 14.0 Å². The van der Waals surface area contributed by atoms with E-state index in [9.17, 15) is 8.42 Å². The van der Waals surface area contributed by atoms with Crippen molar-refractivity contribution in [1.82, 2.24) is 9.21 Å². The predicted molar refractivity (Wildman–Crippen MR) is 98.3 cm³/mol. The Morgan fingerprint density at radius 1 is 1.08 bits per heavy atom. The molecule has 6 heteroatoms. The molecule has 0 spiro atoms. The maximum absolute atomic E-state index is 13.0. The summed E-state index contributed by atoms with van der Waals surface area (Å²) in [5.41, 5.74) is 2.33. The van der Waals surface area contributed by atoms with Crippen molar-refractivity contribution in [2.75, 3.05) is 33.8 Å². The van der Waals surface area contributed by atoms with Gasteiger partial charge in [-0.15, -0.1) is 0 Å². The third-order valence-corrected chi connectivity index (χ3v) is 6.61. The van der Waals surface area contributed by atoms with Gasteiger partial charge in [-0.3, -0.25) is 4.90 Å². The minimum Gasteiger partial charge on any atom is -0.497 e. The van der Waals surface area contributed by atoms with Gasteiger partial charge in [-0.05, 0) is 31.7 Å². The highest BCUT2D eigenvalue weighted by Gasteiger charge is 2.33. The van der Waals surface area contributed by atoms with Gasteiger partial charge < -0.3 is 4.74 Å². The van der Waals surface area contributed by atoms with Crippen LogP contribution in [0.15, 0.2) is 53.4 Å². The first kappa shape index (κ1) is 17.9. The molecule has 0 radical (unpaired) electrons. The second-order valence-electron chi connectivity index (χ2n) is 6.45. The standard InChI is InChI=1S/C19H24N2O3S/c1-15-7-9-16(10-8-15)19-14-21(12-11-20(19)2)25(22,23)18-6-4-5-17(13-18)24-3/h4-10,13,19H,11-12,14H2,1-3H3/t19-/m0/s1. The highest BCUT2D eigenvalue weighted by Crippen LogP contribution is 2.29. The van der Waals surface area contributed by atoms with Gasteiger partial charge in [-0.1, -0.05) is 35.9 Å². The van der Waals surface area contributed by atoms with Gasteiger partial charge in [0.15, 0.2) is 0 Å². The largest absolute Gasteiger partial charge is 0.497 e. The Hall–Kier alpha value is -1.89. The molecule has 2 aromatic rings. The molecule has 1 atom stereocenters. The van der Waals surface area contributed by atoms with Crippen LogP contribution in [0.2, 0.25) is 0 Å². The van der Waals surface area contributed by atoms with Gasteiger partial charge in [0.2, 0.25) is 10.0 Å². The average Bonchev–Trinajstić information content (AvgIpc) is 2.63. The summed E-state index contributed by atoms with van der Waals surface area (Å²) < 4.78 is 32.8. The van der Waals surface area contributed by atoms with Crippen LogP contribution >= 0.6 is 0 Å². The van der Waals surface area contributed by atoms with Crippen molar-refractivity contribution >= 4 is 10.0 Å². The number of ether oxygens (including phenoxy) is 1. The lowest BCUT2D eigenvalue weighted by Crippen LogP contribution is -2.48. The second kappa shape index (κ2) is 7.15. The molecule has 2 aromatic carbocycles. The molecule has 0 unspecified atom stereocenters. The van der Waals surface area contributed by atoms with Crippen LogP contribution in [-0.2, 0) is 10.0 Å². The molecule has 25 heavy (non-hydrogen) atoms. The zero-order valence-electron chi connectivity index (χ0n) is 14.8. The quantitative estimate of drug-likeness (QED) is 0.841. The number of piperazine rings is 1. The number of sulfonamides is 1. The number of methoxy groups -OCH3 is 1. The molecule has 3 rings (SSSR count). The van der Waals surface area contributed by atoms with Gasteiger partial charge in [0.05, 0.1) is 12.0 Å². The van der Waals surface area contributed by atoms with E-state index in [-0.39, 0.29) is 10.9 Å². The molecular weight excluding hydrogens is 336 g/mol. The van der Waals surface area contributed by atoms with E-state index < -0.39 is 10.0 Å². The Bertz CT molecular complexity index is 834. The molecule has 1 aliphatic heterocycles. The number of benzene rings is 2. The Balaban J connectivity index is 1.88. The lowest BCUT2D eigenvalue weighted by Gasteiger charge is -2.39. The number of hydrogen-bond acceptors (Lipinski definition) is 4. The maximum Gasteiger partial charge on any atom is 0.243 e. The van der Waals surface area contributed by atoms with Crippen LogP contribution in [0, 0.1) is 6.92 Å². The van der Waals surface area contributed by atoms with Crippen LogP contribution in [0.25, 0.3) is 0 Å². The number of likely N-dealkylation sites (N-methyl/N-ethyl adjacent to an activating group) is 1. The van der Waals surface area contributed by atoms with Crippen molar-refractivity contribution in [1.29, 1.82) is 0 Å². The molecular formula is C19H24N2O3S. The predicted octanol–water partition coefficient (Wildman–Crippen LogP) is 2.68. The molecule has 0 bridgehead atoms. The topological polar surface area (TPSA) is 49.9 Å². The molecule has 0 aliphatic carbocycles. The molecule has 1 fully saturated rings. The molecule has 1 aliphatic rings. The summed E-state index contributed by atoms with van der Waals surface area (Å²) in [6.45, 7) is 3.67. The molecule has 0 N–H and O–H groups in total. The Morgan fingerprint density at radius 3 is 2.48 bits per heavy atom. The third kappa shape index (κ3) is 3.71. The first-order valence-corrected chi connectivity index (χ1v) is 9.77. The number of rotatable bonds is 4. The summed E-state index contributed by atoms with van der Waals surface area (Å²) in [5, 5.41) is 0. The summed E-state index contributed by atoms with van der Waals surface area (Å²) in [5.74, 6) is 0.547. The van der Waals surface area contributed by atoms with Crippen molar-refractivity contribution in [2.24, 2.45) is 0 Å². The van der Waals surface area contributed by atoms with E-state index in [0.717, 1.165) is 5.56 Å². The lowest BCUT2D eigenvalue weighted by atomic mass is 10.0. The van der Waals surface area contributed by atoms with Crippen LogP contribution in [0.5, 0.6) is 5.75 Å².